The highest BCUT2D eigenvalue weighted by Crippen LogP contribution is 2.39. The molecule has 1 unspecified atom stereocenters. The van der Waals surface area contributed by atoms with E-state index in [2.05, 4.69) is 55.7 Å². The monoisotopic (exact) mass is 431 g/mol. The Balaban J connectivity index is 1.62. The summed E-state index contributed by atoms with van der Waals surface area (Å²) < 4.78 is 6.00. The first-order valence-corrected chi connectivity index (χ1v) is 11.4. The predicted molar refractivity (Wildman–Crippen MR) is 131 cm³/mol. The lowest BCUT2D eigenvalue weighted by Crippen LogP contribution is -2.45. The fourth-order valence-corrected chi connectivity index (χ4v) is 4.61. The van der Waals surface area contributed by atoms with Crippen molar-refractivity contribution in [1.29, 1.82) is 0 Å². The Morgan fingerprint density at radius 1 is 1.19 bits per heavy atom. The van der Waals surface area contributed by atoms with Gasteiger partial charge in [-0.3, -0.25) is 4.79 Å². The number of allylic oxidation sites excluding steroid dienone is 1. The van der Waals surface area contributed by atoms with Crippen LogP contribution >= 0.6 is 0 Å². The summed E-state index contributed by atoms with van der Waals surface area (Å²) in [5.41, 5.74) is 13.2. The minimum absolute atomic E-state index is 0.0289. The maximum Gasteiger partial charge on any atom is 0.254 e. The van der Waals surface area contributed by atoms with E-state index in [1.165, 1.54) is 11.1 Å². The molecule has 5 nitrogen and oxygen atoms in total. The third-order valence-corrected chi connectivity index (χ3v) is 6.44. The lowest BCUT2D eigenvalue weighted by molar-refractivity contribution is 0.0708. The number of amides is 1. The summed E-state index contributed by atoms with van der Waals surface area (Å²) in [6.45, 7) is 13.3. The number of nitrogens with zero attached hydrogens (tertiary/aromatic N) is 2. The van der Waals surface area contributed by atoms with Gasteiger partial charge in [-0.1, -0.05) is 30.8 Å². The standard InChI is InChI=1S/C27H33N3O2/c1-18-8-5-6-9-22(18)14-19(2)21(4)30-12-13-32-25-16-23(15-20(3)26(25)30)27(31)29-11-7-10-24(28)17-29/h5-6,8-9,14-16,24H,4,7,10-13,17,28H2,1-3H3/b19-14+. The van der Waals surface area contributed by atoms with Gasteiger partial charge in [-0.15, -0.1) is 0 Å². The van der Waals surface area contributed by atoms with Crippen LogP contribution in [-0.2, 0) is 0 Å². The Kier molecular flexibility index (Phi) is 6.38. The van der Waals surface area contributed by atoms with Crippen LogP contribution in [0.2, 0.25) is 0 Å². The molecule has 0 bridgehead atoms. The fraction of sp³-hybridized carbons (Fsp3) is 0.370. The minimum atomic E-state index is 0.0289. The summed E-state index contributed by atoms with van der Waals surface area (Å²) in [6.07, 6.45) is 4.11. The van der Waals surface area contributed by atoms with Gasteiger partial charge in [0, 0.05) is 30.4 Å². The molecule has 1 atom stereocenters. The molecule has 1 amide bonds. The van der Waals surface area contributed by atoms with Crippen molar-refractivity contribution in [2.75, 3.05) is 31.1 Å². The van der Waals surface area contributed by atoms with Crippen molar-refractivity contribution >= 4 is 17.7 Å². The molecule has 1 fully saturated rings. The van der Waals surface area contributed by atoms with Crippen LogP contribution in [0.4, 0.5) is 5.69 Å². The van der Waals surface area contributed by atoms with Gasteiger partial charge >= 0.3 is 0 Å². The van der Waals surface area contributed by atoms with Crippen LogP contribution < -0.4 is 15.4 Å². The van der Waals surface area contributed by atoms with Crippen molar-refractivity contribution in [2.24, 2.45) is 5.73 Å². The Morgan fingerprint density at radius 3 is 2.72 bits per heavy atom. The van der Waals surface area contributed by atoms with Crippen LogP contribution in [0.3, 0.4) is 0 Å². The second-order valence-electron chi connectivity index (χ2n) is 8.92. The van der Waals surface area contributed by atoms with Crippen LogP contribution in [0, 0.1) is 13.8 Å². The summed E-state index contributed by atoms with van der Waals surface area (Å²) in [4.78, 5) is 17.2. The SMILES string of the molecule is C=C(/C(C)=C/c1ccccc1C)N1CCOc2cc(C(=O)N3CCCC(N)C3)cc(C)c21. The van der Waals surface area contributed by atoms with Gasteiger partial charge in [-0.25, -0.2) is 0 Å². The summed E-state index contributed by atoms with van der Waals surface area (Å²) in [5.74, 6) is 0.770. The molecule has 0 saturated carbocycles. The normalized spacial score (nSPS) is 18.8. The predicted octanol–water partition coefficient (Wildman–Crippen LogP) is 4.68. The van der Waals surface area contributed by atoms with E-state index in [1.807, 2.05) is 24.0 Å². The number of rotatable bonds is 4. The zero-order valence-electron chi connectivity index (χ0n) is 19.4. The number of carbonyl (C=O) groups excluding carboxylic acids is 1. The van der Waals surface area contributed by atoms with Gasteiger partial charge in [0.1, 0.15) is 12.4 Å². The van der Waals surface area contributed by atoms with Gasteiger partial charge in [0.2, 0.25) is 0 Å². The Bertz CT molecular complexity index is 1070. The maximum absolute atomic E-state index is 13.1. The van der Waals surface area contributed by atoms with E-state index in [9.17, 15) is 4.79 Å². The zero-order valence-corrected chi connectivity index (χ0v) is 19.4. The fourth-order valence-electron chi connectivity index (χ4n) is 4.61. The van der Waals surface area contributed by atoms with E-state index in [1.54, 1.807) is 0 Å². The molecule has 2 N–H and O–H groups in total. The number of hydrogen-bond donors (Lipinski definition) is 1. The molecule has 5 heteroatoms. The number of hydrogen-bond acceptors (Lipinski definition) is 4. The molecular weight excluding hydrogens is 398 g/mol. The summed E-state index contributed by atoms with van der Waals surface area (Å²) in [7, 11) is 0. The average molecular weight is 432 g/mol. The highest BCUT2D eigenvalue weighted by atomic mass is 16.5. The lowest BCUT2D eigenvalue weighted by atomic mass is 10.0. The van der Waals surface area contributed by atoms with Crippen molar-refractivity contribution < 1.29 is 9.53 Å². The first-order valence-electron chi connectivity index (χ1n) is 11.4. The molecule has 1 saturated heterocycles. The number of ether oxygens (including phenoxy) is 1. The van der Waals surface area contributed by atoms with E-state index in [0.717, 1.165) is 54.2 Å². The summed E-state index contributed by atoms with van der Waals surface area (Å²) >= 11 is 0. The second-order valence-corrected chi connectivity index (χ2v) is 8.92. The van der Waals surface area contributed by atoms with Crippen LogP contribution in [0.1, 0.15) is 46.8 Å². The van der Waals surface area contributed by atoms with Gasteiger partial charge < -0.3 is 20.3 Å². The smallest absolute Gasteiger partial charge is 0.254 e. The highest BCUT2D eigenvalue weighted by Gasteiger charge is 2.27. The molecule has 32 heavy (non-hydrogen) atoms. The summed E-state index contributed by atoms with van der Waals surface area (Å²) in [6, 6.07) is 12.2. The highest BCUT2D eigenvalue weighted by molar-refractivity contribution is 5.96. The summed E-state index contributed by atoms with van der Waals surface area (Å²) in [5, 5.41) is 0. The maximum atomic E-state index is 13.1. The third-order valence-electron chi connectivity index (χ3n) is 6.44. The van der Waals surface area contributed by atoms with Gasteiger partial charge in [-0.05, 0) is 74.1 Å². The second kappa shape index (κ2) is 9.21. The van der Waals surface area contributed by atoms with Crippen molar-refractivity contribution in [3.05, 3.63) is 76.5 Å². The van der Waals surface area contributed by atoms with Crippen LogP contribution in [0.5, 0.6) is 5.75 Å². The van der Waals surface area contributed by atoms with Crippen molar-refractivity contribution in [2.45, 2.75) is 39.7 Å². The quantitative estimate of drug-likeness (QED) is 0.714. The first kappa shape index (κ1) is 22.2. The number of carbonyl (C=O) groups is 1. The largest absolute Gasteiger partial charge is 0.490 e. The topological polar surface area (TPSA) is 58.8 Å². The van der Waals surface area contributed by atoms with E-state index in [-0.39, 0.29) is 11.9 Å². The number of fused-ring (bicyclic) bond motifs is 1. The van der Waals surface area contributed by atoms with Gasteiger partial charge in [0.25, 0.3) is 5.91 Å². The molecule has 2 aromatic carbocycles. The van der Waals surface area contributed by atoms with E-state index in [4.69, 9.17) is 10.5 Å². The minimum Gasteiger partial charge on any atom is -0.490 e. The van der Waals surface area contributed by atoms with E-state index in [0.29, 0.717) is 18.7 Å². The number of piperidine rings is 1. The molecule has 0 spiro atoms. The number of aryl methyl sites for hydroxylation is 2. The van der Waals surface area contributed by atoms with Crippen LogP contribution in [0.15, 0.2) is 54.2 Å². The first-order chi connectivity index (χ1) is 15.3. The van der Waals surface area contributed by atoms with Crippen LogP contribution in [0.25, 0.3) is 6.08 Å². The van der Waals surface area contributed by atoms with Crippen molar-refractivity contribution in [3.8, 4) is 5.75 Å². The van der Waals surface area contributed by atoms with Crippen molar-refractivity contribution in [3.63, 3.8) is 0 Å². The Labute approximate surface area is 191 Å². The van der Waals surface area contributed by atoms with Gasteiger partial charge in [0.15, 0.2) is 0 Å². The molecule has 2 aliphatic rings. The molecule has 168 valence electrons. The van der Waals surface area contributed by atoms with E-state index < -0.39 is 0 Å². The lowest BCUT2D eigenvalue weighted by Gasteiger charge is -2.35. The number of benzene rings is 2. The molecule has 2 aromatic rings. The molecule has 4 rings (SSSR count). The van der Waals surface area contributed by atoms with Gasteiger partial charge in [0.05, 0.1) is 12.2 Å². The molecule has 2 aliphatic heterocycles. The Hall–Kier alpha value is -3.05. The zero-order chi connectivity index (χ0) is 22.8. The number of anilines is 1. The molecular formula is C27H33N3O2. The van der Waals surface area contributed by atoms with Crippen LogP contribution in [-0.4, -0.2) is 43.1 Å². The third kappa shape index (κ3) is 4.44. The van der Waals surface area contributed by atoms with Crippen molar-refractivity contribution in [1.82, 2.24) is 4.90 Å². The van der Waals surface area contributed by atoms with E-state index >= 15 is 0 Å². The Morgan fingerprint density at radius 2 is 1.97 bits per heavy atom. The molecule has 0 aliphatic carbocycles. The van der Waals surface area contributed by atoms with Gasteiger partial charge in [-0.2, -0.15) is 0 Å². The molecule has 2 heterocycles. The molecule has 0 aromatic heterocycles. The average Bonchev–Trinajstić information content (AvgIpc) is 2.79. The molecule has 0 radical (unpaired) electrons. The number of nitrogens with two attached hydrogens (primary N) is 1. The number of likely N-dealkylation sites (tertiary alicyclic amines) is 1.